The summed E-state index contributed by atoms with van der Waals surface area (Å²) in [4.78, 5) is 22.4. The van der Waals surface area contributed by atoms with Crippen LogP contribution in [-0.4, -0.2) is 35.4 Å². The zero-order valence-corrected chi connectivity index (χ0v) is 11.7. The van der Waals surface area contributed by atoms with E-state index in [1.54, 1.807) is 24.3 Å². The first kappa shape index (κ1) is 15.7. The van der Waals surface area contributed by atoms with Gasteiger partial charge in [0.25, 0.3) is 5.91 Å². The van der Waals surface area contributed by atoms with Crippen molar-refractivity contribution in [2.75, 3.05) is 12.4 Å². The maximum absolute atomic E-state index is 11.5. The molecule has 0 aliphatic carbocycles. The van der Waals surface area contributed by atoms with Gasteiger partial charge in [-0.3, -0.25) is 4.79 Å². The molecule has 0 radical (unpaired) electrons. The summed E-state index contributed by atoms with van der Waals surface area (Å²) in [5.74, 6) is -0.877. The van der Waals surface area contributed by atoms with Crippen LogP contribution in [0.15, 0.2) is 24.3 Å². The number of nitrogens with one attached hydrogen (secondary N) is 1. The predicted molar refractivity (Wildman–Crippen MR) is 75.0 cm³/mol. The summed E-state index contributed by atoms with van der Waals surface area (Å²) < 4.78 is 5.20. The molecular formula is C12H14ClNO4S. The number of aliphatic carboxylic acids is 1. The van der Waals surface area contributed by atoms with Crippen molar-refractivity contribution in [1.82, 2.24) is 5.32 Å². The summed E-state index contributed by atoms with van der Waals surface area (Å²) >= 11 is 9.79. The summed E-state index contributed by atoms with van der Waals surface area (Å²) in [6, 6.07) is 5.76. The Labute approximate surface area is 121 Å². The molecule has 1 amide bonds. The zero-order chi connectivity index (χ0) is 14.3. The Morgan fingerprint density at radius 2 is 2.11 bits per heavy atom. The van der Waals surface area contributed by atoms with Gasteiger partial charge in [0.1, 0.15) is 11.8 Å². The Hall–Kier alpha value is -1.40. The lowest BCUT2D eigenvalue weighted by molar-refractivity contribution is -0.142. The maximum atomic E-state index is 11.5. The third-order valence-corrected chi connectivity index (χ3v) is 2.82. The first-order valence-corrected chi connectivity index (χ1v) is 6.56. The summed E-state index contributed by atoms with van der Waals surface area (Å²) in [5.41, 5.74) is 0. The third-order valence-electron chi connectivity index (χ3n) is 2.25. The molecule has 0 fully saturated rings. The number of hydrogen-bond acceptors (Lipinski definition) is 4. The lowest BCUT2D eigenvalue weighted by Crippen LogP contribution is -2.43. The third kappa shape index (κ3) is 5.40. The molecule has 1 unspecified atom stereocenters. The number of carboxylic acids is 1. The molecule has 0 spiro atoms. The lowest BCUT2D eigenvalue weighted by atomic mass is 10.2. The first-order valence-electron chi connectivity index (χ1n) is 5.55. The van der Waals surface area contributed by atoms with E-state index in [0.717, 1.165) is 0 Å². The van der Waals surface area contributed by atoms with E-state index < -0.39 is 17.9 Å². The van der Waals surface area contributed by atoms with Crippen LogP contribution in [0.2, 0.25) is 5.02 Å². The van der Waals surface area contributed by atoms with Gasteiger partial charge in [-0.15, -0.1) is 0 Å². The Morgan fingerprint density at radius 3 is 2.68 bits per heavy atom. The van der Waals surface area contributed by atoms with Crippen LogP contribution in [0.3, 0.4) is 0 Å². The minimum atomic E-state index is -1.10. The van der Waals surface area contributed by atoms with E-state index in [2.05, 4.69) is 17.9 Å². The minimum absolute atomic E-state index is 0.246. The van der Waals surface area contributed by atoms with E-state index in [0.29, 0.717) is 16.5 Å². The van der Waals surface area contributed by atoms with Gasteiger partial charge in [0.15, 0.2) is 6.61 Å². The predicted octanol–water partition coefficient (Wildman–Crippen LogP) is 1.61. The number of halogens is 1. The van der Waals surface area contributed by atoms with E-state index in [1.807, 2.05) is 0 Å². The molecule has 1 atom stereocenters. The average molecular weight is 304 g/mol. The minimum Gasteiger partial charge on any atom is -0.482 e. The normalized spacial score (nSPS) is 11.7. The van der Waals surface area contributed by atoms with Crippen LogP contribution >= 0.6 is 24.2 Å². The number of thiol groups is 1. The number of carbonyl (C=O) groups is 2. The molecule has 19 heavy (non-hydrogen) atoms. The fourth-order valence-electron chi connectivity index (χ4n) is 1.33. The number of benzene rings is 1. The van der Waals surface area contributed by atoms with E-state index in [9.17, 15) is 9.59 Å². The molecular weight excluding hydrogens is 290 g/mol. The molecule has 0 aliphatic rings. The highest BCUT2D eigenvalue weighted by molar-refractivity contribution is 7.80. The quantitative estimate of drug-likeness (QED) is 0.669. The van der Waals surface area contributed by atoms with Gasteiger partial charge < -0.3 is 15.2 Å². The van der Waals surface area contributed by atoms with Crippen LogP contribution in [0.25, 0.3) is 0 Å². The highest BCUT2D eigenvalue weighted by Crippen LogP contribution is 2.22. The van der Waals surface area contributed by atoms with Gasteiger partial charge in [-0.25, -0.2) is 4.79 Å². The fraction of sp³-hybridized carbons (Fsp3) is 0.333. The number of para-hydroxylation sites is 1. The summed E-state index contributed by atoms with van der Waals surface area (Å²) in [6.45, 7) is -0.292. The van der Waals surface area contributed by atoms with Crippen molar-refractivity contribution < 1.29 is 19.4 Å². The molecule has 0 saturated heterocycles. The molecule has 1 aromatic rings. The largest absolute Gasteiger partial charge is 0.482 e. The van der Waals surface area contributed by atoms with Crippen molar-refractivity contribution in [3.63, 3.8) is 0 Å². The summed E-state index contributed by atoms with van der Waals surface area (Å²) in [6.07, 6.45) is 0.246. The molecule has 7 heteroatoms. The number of carboxylic acid groups (broad SMARTS) is 1. The van der Waals surface area contributed by atoms with Crippen molar-refractivity contribution in [1.29, 1.82) is 0 Å². The second kappa shape index (κ2) is 7.91. The zero-order valence-electron chi connectivity index (χ0n) is 10.0. The number of hydrogen-bond donors (Lipinski definition) is 3. The molecule has 0 saturated carbocycles. The van der Waals surface area contributed by atoms with Gasteiger partial charge in [-0.05, 0) is 24.3 Å². The Morgan fingerprint density at radius 1 is 1.42 bits per heavy atom. The van der Waals surface area contributed by atoms with E-state index >= 15 is 0 Å². The van der Waals surface area contributed by atoms with Gasteiger partial charge in [0, 0.05) is 0 Å². The number of carbonyl (C=O) groups excluding carboxylic acids is 1. The van der Waals surface area contributed by atoms with Crippen LogP contribution in [0.5, 0.6) is 5.75 Å². The monoisotopic (exact) mass is 303 g/mol. The van der Waals surface area contributed by atoms with Crippen LogP contribution in [0.4, 0.5) is 0 Å². The van der Waals surface area contributed by atoms with Crippen LogP contribution in [-0.2, 0) is 9.59 Å². The lowest BCUT2D eigenvalue weighted by Gasteiger charge is -2.14. The van der Waals surface area contributed by atoms with Crippen LogP contribution in [0.1, 0.15) is 6.42 Å². The van der Waals surface area contributed by atoms with Crippen molar-refractivity contribution in [3.8, 4) is 5.75 Å². The molecule has 104 valence electrons. The Bertz CT molecular complexity index is 455. The fourth-order valence-corrected chi connectivity index (χ4v) is 1.78. The SMILES string of the molecule is O=C(COc1ccccc1Cl)NC(CCS)C(=O)O. The molecule has 2 N–H and O–H groups in total. The smallest absolute Gasteiger partial charge is 0.326 e. The first-order chi connectivity index (χ1) is 9.04. The standard InChI is InChI=1S/C12H14ClNO4S/c13-8-3-1-2-4-10(8)18-7-11(15)14-9(5-6-19)12(16)17/h1-4,9,19H,5-7H2,(H,14,15)(H,16,17). The number of rotatable bonds is 7. The van der Waals surface area contributed by atoms with Gasteiger partial charge in [0.2, 0.25) is 0 Å². The van der Waals surface area contributed by atoms with Crippen molar-refractivity contribution in [2.45, 2.75) is 12.5 Å². The van der Waals surface area contributed by atoms with Gasteiger partial charge in [-0.2, -0.15) is 12.6 Å². The number of ether oxygens (including phenoxy) is 1. The number of amides is 1. The summed E-state index contributed by atoms with van der Waals surface area (Å²) in [7, 11) is 0. The Kier molecular flexibility index (Phi) is 6.52. The highest BCUT2D eigenvalue weighted by Gasteiger charge is 2.19. The molecule has 0 bridgehead atoms. The van der Waals surface area contributed by atoms with Crippen LogP contribution < -0.4 is 10.1 Å². The van der Waals surface area contributed by atoms with Gasteiger partial charge in [-0.1, -0.05) is 23.7 Å². The van der Waals surface area contributed by atoms with Gasteiger partial charge >= 0.3 is 5.97 Å². The second-order valence-corrected chi connectivity index (χ2v) is 4.54. The van der Waals surface area contributed by atoms with Crippen LogP contribution in [0, 0.1) is 0 Å². The molecule has 5 nitrogen and oxygen atoms in total. The molecule has 1 rings (SSSR count). The summed E-state index contributed by atoms with van der Waals surface area (Å²) in [5, 5.41) is 11.6. The van der Waals surface area contributed by atoms with Gasteiger partial charge in [0.05, 0.1) is 5.02 Å². The second-order valence-electron chi connectivity index (χ2n) is 3.69. The van der Waals surface area contributed by atoms with Crippen molar-refractivity contribution in [2.24, 2.45) is 0 Å². The average Bonchev–Trinajstić information content (AvgIpc) is 2.37. The maximum Gasteiger partial charge on any atom is 0.326 e. The topological polar surface area (TPSA) is 75.6 Å². The molecule has 0 aromatic heterocycles. The van der Waals surface area contributed by atoms with Crippen molar-refractivity contribution >= 4 is 36.1 Å². The molecule has 1 aromatic carbocycles. The van der Waals surface area contributed by atoms with E-state index in [1.165, 1.54) is 0 Å². The molecule has 0 aliphatic heterocycles. The Balaban J connectivity index is 2.47. The van der Waals surface area contributed by atoms with E-state index in [-0.39, 0.29) is 13.0 Å². The highest BCUT2D eigenvalue weighted by atomic mass is 35.5. The van der Waals surface area contributed by atoms with Crippen molar-refractivity contribution in [3.05, 3.63) is 29.3 Å². The molecule has 0 heterocycles. The van der Waals surface area contributed by atoms with E-state index in [4.69, 9.17) is 21.4 Å².